The Balaban J connectivity index is 1.78. The standard InChI is InChI=1S/C20H20N4O3S2/c1-20(2,7-8-25)29(26,27)14-4-5-16-15(10-14)19(22-11-21-16)24-13-3-6-18-17(9-13)23-12-28-18/h3-6,9-12,25H,7-8H2,1-2H3,(H,21,22,24). The van der Waals surface area contributed by atoms with Crippen molar-refractivity contribution >= 4 is 53.8 Å². The van der Waals surface area contributed by atoms with Crippen LogP contribution in [0.4, 0.5) is 11.5 Å². The first-order chi connectivity index (χ1) is 13.8. The minimum absolute atomic E-state index is 0.150. The Bertz CT molecular complexity index is 1300. The highest BCUT2D eigenvalue weighted by Crippen LogP contribution is 2.32. The zero-order valence-corrected chi connectivity index (χ0v) is 17.6. The number of sulfone groups is 1. The van der Waals surface area contributed by atoms with Crippen molar-refractivity contribution in [3.63, 3.8) is 0 Å². The van der Waals surface area contributed by atoms with Crippen LogP contribution in [-0.4, -0.2) is 39.8 Å². The zero-order valence-electron chi connectivity index (χ0n) is 16.0. The number of nitrogens with one attached hydrogen (secondary N) is 1. The summed E-state index contributed by atoms with van der Waals surface area (Å²) in [6.45, 7) is 3.04. The van der Waals surface area contributed by atoms with Gasteiger partial charge in [-0.05, 0) is 56.7 Å². The van der Waals surface area contributed by atoms with Gasteiger partial charge >= 0.3 is 0 Å². The Hall–Kier alpha value is -2.62. The van der Waals surface area contributed by atoms with Gasteiger partial charge in [0.25, 0.3) is 0 Å². The fourth-order valence-electron chi connectivity index (χ4n) is 3.10. The van der Waals surface area contributed by atoms with Crippen LogP contribution in [0.15, 0.2) is 53.1 Å². The first kappa shape index (κ1) is 19.7. The minimum Gasteiger partial charge on any atom is -0.396 e. The Morgan fingerprint density at radius 1 is 1.07 bits per heavy atom. The number of hydrogen-bond donors (Lipinski definition) is 2. The molecule has 0 aliphatic heterocycles. The molecule has 7 nitrogen and oxygen atoms in total. The molecule has 4 rings (SSSR count). The molecule has 0 aliphatic carbocycles. The van der Waals surface area contributed by atoms with Crippen LogP contribution in [0.25, 0.3) is 21.1 Å². The van der Waals surface area contributed by atoms with Gasteiger partial charge in [-0.3, -0.25) is 0 Å². The van der Waals surface area contributed by atoms with Crippen LogP contribution in [0.2, 0.25) is 0 Å². The normalized spacial score (nSPS) is 12.5. The number of fused-ring (bicyclic) bond motifs is 2. The number of anilines is 2. The fraction of sp³-hybridized carbons (Fsp3) is 0.250. The van der Waals surface area contributed by atoms with E-state index in [1.165, 1.54) is 6.33 Å². The van der Waals surface area contributed by atoms with Crippen molar-refractivity contribution in [3.8, 4) is 0 Å². The maximum Gasteiger partial charge on any atom is 0.183 e. The van der Waals surface area contributed by atoms with E-state index in [4.69, 9.17) is 0 Å². The maximum atomic E-state index is 13.1. The van der Waals surface area contributed by atoms with Crippen molar-refractivity contribution in [3.05, 3.63) is 48.2 Å². The molecule has 0 atom stereocenters. The molecule has 0 spiro atoms. The number of rotatable bonds is 6. The summed E-state index contributed by atoms with van der Waals surface area (Å²) < 4.78 is 26.2. The van der Waals surface area contributed by atoms with Crippen LogP contribution in [0, 0.1) is 0 Å². The largest absolute Gasteiger partial charge is 0.396 e. The Morgan fingerprint density at radius 2 is 1.90 bits per heavy atom. The number of benzene rings is 2. The van der Waals surface area contributed by atoms with E-state index in [1.54, 1.807) is 48.9 Å². The second-order valence-corrected chi connectivity index (χ2v) is 10.8. The predicted molar refractivity (Wildman–Crippen MR) is 115 cm³/mol. The lowest BCUT2D eigenvalue weighted by Gasteiger charge is -2.24. The topological polar surface area (TPSA) is 105 Å². The molecule has 2 aromatic carbocycles. The molecule has 0 saturated carbocycles. The summed E-state index contributed by atoms with van der Waals surface area (Å²) >= 11 is 1.57. The second kappa shape index (κ2) is 7.33. The van der Waals surface area contributed by atoms with Crippen LogP contribution in [0.1, 0.15) is 20.3 Å². The third-order valence-electron chi connectivity index (χ3n) is 4.95. The van der Waals surface area contributed by atoms with Crippen LogP contribution < -0.4 is 5.32 Å². The van der Waals surface area contributed by atoms with Crippen molar-refractivity contribution in [2.75, 3.05) is 11.9 Å². The molecular formula is C20H20N4O3S2. The van der Waals surface area contributed by atoms with E-state index in [-0.39, 0.29) is 17.9 Å². The lowest BCUT2D eigenvalue weighted by Crippen LogP contribution is -2.33. The highest BCUT2D eigenvalue weighted by atomic mass is 32.2. The number of aliphatic hydroxyl groups is 1. The fourth-order valence-corrected chi connectivity index (χ4v) is 5.27. The molecule has 0 aliphatic rings. The summed E-state index contributed by atoms with van der Waals surface area (Å²) in [4.78, 5) is 13.1. The highest BCUT2D eigenvalue weighted by molar-refractivity contribution is 7.92. The third kappa shape index (κ3) is 3.57. The van der Waals surface area contributed by atoms with E-state index in [9.17, 15) is 13.5 Å². The SMILES string of the molecule is CC(C)(CCO)S(=O)(=O)c1ccc2ncnc(Nc3ccc4scnc4c3)c2c1. The first-order valence-electron chi connectivity index (χ1n) is 9.02. The third-order valence-corrected chi connectivity index (χ3v) is 8.30. The molecule has 2 aromatic heterocycles. The second-order valence-electron chi connectivity index (χ2n) is 7.30. The Kier molecular flexibility index (Phi) is 4.97. The van der Waals surface area contributed by atoms with E-state index in [2.05, 4.69) is 20.3 Å². The molecule has 0 unspecified atom stereocenters. The summed E-state index contributed by atoms with van der Waals surface area (Å²) in [6, 6.07) is 10.6. The van der Waals surface area contributed by atoms with Gasteiger partial charge < -0.3 is 10.4 Å². The van der Waals surface area contributed by atoms with Gasteiger partial charge in [-0.2, -0.15) is 0 Å². The van der Waals surface area contributed by atoms with E-state index in [1.807, 2.05) is 18.2 Å². The van der Waals surface area contributed by atoms with Gasteiger partial charge in [0.05, 0.1) is 30.9 Å². The lowest BCUT2D eigenvalue weighted by atomic mass is 10.1. The van der Waals surface area contributed by atoms with Crippen LogP contribution in [-0.2, 0) is 9.84 Å². The highest BCUT2D eigenvalue weighted by Gasteiger charge is 2.35. The van der Waals surface area contributed by atoms with Crippen LogP contribution in [0.5, 0.6) is 0 Å². The van der Waals surface area contributed by atoms with Crippen LogP contribution in [0.3, 0.4) is 0 Å². The van der Waals surface area contributed by atoms with Gasteiger partial charge in [0.15, 0.2) is 9.84 Å². The average molecular weight is 429 g/mol. The van der Waals surface area contributed by atoms with Gasteiger partial charge in [0, 0.05) is 17.7 Å². The number of aromatic nitrogens is 3. The number of nitrogens with zero attached hydrogens (tertiary/aromatic N) is 3. The van der Waals surface area contributed by atoms with Crippen molar-refractivity contribution in [2.24, 2.45) is 0 Å². The van der Waals surface area contributed by atoms with E-state index >= 15 is 0 Å². The molecule has 29 heavy (non-hydrogen) atoms. The number of hydrogen-bond acceptors (Lipinski definition) is 8. The predicted octanol–water partition coefficient (Wildman–Crippen LogP) is 3.92. The van der Waals surface area contributed by atoms with E-state index in [0.717, 1.165) is 15.9 Å². The van der Waals surface area contributed by atoms with Gasteiger partial charge in [0.1, 0.15) is 12.1 Å². The van der Waals surface area contributed by atoms with E-state index in [0.29, 0.717) is 16.7 Å². The van der Waals surface area contributed by atoms with Crippen molar-refractivity contribution in [2.45, 2.75) is 29.9 Å². The summed E-state index contributed by atoms with van der Waals surface area (Å²) in [5.41, 5.74) is 4.11. The number of aliphatic hydroxyl groups excluding tert-OH is 1. The smallest absolute Gasteiger partial charge is 0.183 e. The maximum absolute atomic E-state index is 13.1. The first-order valence-corrected chi connectivity index (χ1v) is 11.4. The minimum atomic E-state index is -3.65. The molecule has 2 N–H and O–H groups in total. The molecule has 150 valence electrons. The molecule has 2 heterocycles. The molecule has 0 bridgehead atoms. The molecule has 0 fully saturated rings. The molecule has 4 aromatic rings. The summed E-state index contributed by atoms with van der Waals surface area (Å²) in [5.74, 6) is 0.515. The summed E-state index contributed by atoms with van der Waals surface area (Å²) in [6.07, 6.45) is 1.59. The summed E-state index contributed by atoms with van der Waals surface area (Å²) in [7, 11) is -3.65. The quantitative estimate of drug-likeness (QED) is 0.479. The molecular weight excluding hydrogens is 408 g/mol. The number of thiazole rings is 1. The monoisotopic (exact) mass is 428 g/mol. The lowest BCUT2D eigenvalue weighted by molar-refractivity contribution is 0.272. The van der Waals surface area contributed by atoms with Crippen molar-refractivity contribution in [1.29, 1.82) is 0 Å². The van der Waals surface area contributed by atoms with Gasteiger partial charge in [-0.1, -0.05) is 0 Å². The van der Waals surface area contributed by atoms with Gasteiger partial charge in [0.2, 0.25) is 0 Å². The zero-order chi connectivity index (χ0) is 20.6. The van der Waals surface area contributed by atoms with Crippen molar-refractivity contribution < 1.29 is 13.5 Å². The molecule has 0 amide bonds. The summed E-state index contributed by atoms with van der Waals surface area (Å²) in [5, 5.41) is 13.1. The van der Waals surface area contributed by atoms with Crippen LogP contribution >= 0.6 is 11.3 Å². The van der Waals surface area contributed by atoms with Gasteiger partial charge in [-0.15, -0.1) is 11.3 Å². The average Bonchev–Trinajstić information content (AvgIpc) is 3.15. The van der Waals surface area contributed by atoms with E-state index < -0.39 is 14.6 Å². The Morgan fingerprint density at radius 3 is 2.69 bits per heavy atom. The Labute approximate surface area is 172 Å². The van der Waals surface area contributed by atoms with Crippen molar-refractivity contribution in [1.82, 2.24) is 15.0 Å². The molecule has 0 radical (unpaired) electrons. The molecule has 0 saturated heterocycles. The molecule has 9 heteroatoms. The van der Waals surface area contributed by atoms with Gasteiger partial charge in [-0.25, -0.2) is 23.4 Å².